The van der Waals surface area contributed by atoms with E-state index in [2.05, 4.69) is 10.4 Å². The van der Waals surface area contributed by atoms with Gasteiger partial charge in [-0.1, -0.05) is 38.2 Å². The number of benzene rings is 1. The predicted molar refractivity (Wildman–Crippen MR) is 129 cm³/mol. The third-order valence-corrected chi connectivity index (χ3v) is 6.98. The molecule has 2 aliphatic rings. The Balaban J connectivity index is 1.73. The van der Waals surface area contributed by atoms with Gasteiger partial charge in [-0.2, -0.15) is 5.10 Å². The van der Waals surface area contributed by atoms with Gasteiger partial charge in [-0.3, -0.25) is 19.2 Å². The van der Waals surface area contributed by atoms with Crippen LogP contribution in [0.2, 0.25) is 0 Å². The first-order valence-corrected chi connectivity index (χ1v) is 12.4. The van der Waals surface area contributed by atoms with E-state index in [0.717, 1.165) is 38.5 Å². The molecule has 0 spiro atoms. The minimum Gasteiger partial charge on any atom is -0.461 e. The third kappa shape index (κ3) is 4.94. The number of ether oxygens (including phenoxy) is 1. The average Bonchev–Trinajstić information content (AvgIpc) is 3.22. The fraction of sp³-hybridized carbons (Fsp3) is 0.538. The Morgan fingerprint density at radius 1 is 1.17 bits per heavy atom. The zero-order valence-electron chi connectivity index (χ0n) is 20.6. The zero-order valence-corrected chi connectivity index (χ0v) is 20.6. The molecule has 35 heavy (non-hydrogen) atoms. The molecule has 2 aromatic rings. The van der Waals surface area contributed by atoms with Crippen molar-refractivity contribution >= 4 is 23.5 Å². The fourth-order valence-corrected chi connectivity index (χ4v) is 4.95. The van der Waals surface area contributed by atoms with Gasteiger partial charge in [-0.25, -0.2) is 9.18 Å². The number of nitrogens with one attached hydrogen (secondary N) is 1. The number of nitrogens with zero attached hydrogens (tertiary/aromatic N) is 3. The molecule has 0 bridgehead atoms. The molecule has 1 N–H and O–H groups in total. The summed E-state index contributed by atoms with van der Waals surface area (Å²) in [7, 11) is 0. The molecule has 1 aliphatic carbocycles. The van der Waals surface area contributed by atoms with E-state index in [1.165, 1.54) is 28.1 Å². The molecule has 1 aromatic carbocycles. The zero-order chi connectivity index (χ0) is 25.2. The molecule has 2 amide bonds. The van der Waals surface area contributed by atoms with Crippen LogP contribution < -0.4 is 10.2 Å². The van der Waals surface area contributed by atoms with Crippen molar-refractivity contribution in [1.29, 1.82) is 0 Å². The Bertz CT molecular complexity index is 1120. The number of anilines is 1. The molecule has 4 rings (SSSR count). The predicted octanol–water partition coefficient (Wildman–Crippen LogP) is 4.16. The van der Waals surface area contributed by atoms with Crippen LogP contribution in [-0.4, -0.2) is 45.8 Å². The maximum absolute atomic E-state index is 14.5. The van der Waals surface area contributed by atoms with Crippen molar-refractivity contribution in [2.75, 3.05) is 11.5 Å². The van der Waals surface area contributed by atoms with E-state index in [-0.39, 0.29) is 42.2 Å². The van der Waals surface area contributed by atoms with E-state index >= 15 is 0 Å². The van der Waals surface area contributed by atoms with Crippen LogP contribution in [0, 0.1) is 12.7 Å². The lowest BCUT2D eigenvalue weighted by Crippen LogP contribution is -2.65. The van der Waals surface area contributed by atoms with Crippen molar-refractivity contribution in [1.82, 2.24) is 15.1 Å². The van der Waals surface area contributed by atoms with E-state index < -0.39 is 23.2 Å². The first-order valence-electron chi connectivity index (χ1n) is 12.4. The number of fused-ring (bicyclic) bond motifs is 1. The molecule has 0 saturated heterocycles. The number of carbonyl (C=O) groups excluding carboxylic acids is 3. The molecule has 9 heteroatoms. The van der Waals surface area contributed by atoms with Crippen molar-refractivity contribution in [3.63, 3.8) is 0 Å². The van der Waals surface area contributed by atoms with Gasteiger partial charge in [0, 0.05) is 17.8 Å². The molecule has 0 unspecified atom stereocenters. The normalized spacial score (nSPS) is 21.1. The number of hydrogen-bond acceptors (Lipinski definition) is 5. The summed E-state index contributed by atoms with van der Waals surface area (Å²) in [6, 6.07) is 5.87. The van der Waals surface area contributed by atoms with Crippen molar-refractivity contribution < 1.29 is 23.5 Å². The van der Waals surface area contributed by atoms with Crippen molar-refractivity contribution in [2.24, 2.45) is 0 Å². The number of halogens is 1. The smallest absolute Gasteiger partial charge is 0.358 e. The number of aryl methyl sites for hydroxylation is 1. The Labute approximate surface area is 204 Å². The van der Waals surface area contributed by atoms with Crippen LogP contribution in [-0.2, 0) is 16.1 Å². The van der Waals surface area contributed by atoms with Crippen LogP contribution in [0.15, 0.2) is 24.3 Å². The Morgan fingerprint density at radius 2 is 1.86 bits per heavy atom. The van der Waals surface area contributed by atoms with Crippen molar-refractivity contribution in [3.05, 3.63) is 47.0 Å². The summed E-state index contributed by atoms with van der Waals surface area (Å²) >= 11 is 0. The highest BCUT2D eigenvalue weighted by Gasteiger charge is 2.49. The minimum atomic E-state index is -1.38. The molecule has 8 nitrogen and oxygen atoms in total. The van der Waals surface area contributed by atoms with Crippen LogP contribution in [0.4, 0.5) is 10.1 Å². The third-order valence-electron chi connectivity index (χ3n) is 6.98. The van der Waals surface area contributed by atoms with Crippen LogP contribution in [0.1, 0.15) is 85.3 Å². The molecular formula is C26H33FN4O4. The summed E-state index contributed by atoms with van der Waals surface area (Å²) in [5, 5.41) is 7.44. The van der Waals surface area contributed by atoms with Crippen LogP contribution in [0.3, 0.4) is 0 Å². The lowest BCUT2D eigenvalue weighted by atomic mass is 9.91. The minimum absolute atomic E-state index is 0.00471. The summed E-state index contributed by atoms with van der Waals surface area (Å²) in [6.07, 6.45) is 7.35. The summed E-state index contributed by atoms with van der Waals surface area (Å²) in [4.78, 5) is 41.1. The van der Waals surface area contributed by atoms with Gasteiger partial charge in [-0.05, 0) is 51.3 Å². The van der Waals surface area contributed by atoms with E-state index in [9.17, 15) is 18.8 Å². The number of aromatic nitrogens is 2. The number of esters is 1. The first kappa shape index (κ1) is 24.9. The summed E-state index contributed by atoms with van der Waals surface area (Å²) < 4.78 is 21.0. The van der Waals surface area contributed by atoms with Gasteiger partial charge in [0.25, 0.3) is 5.91 Å². The van der Waals surface area contributed by atoms with Gasteiger partial charge in [0.2, 0.25) is 5.91 Å². The summed E-state index contributed by atoms with van der Waals surface area (Å²) in [6.45, 7) is 5.17. The van der Waals surface area contributed by atoms with Gasteiger partial charge in [0.15, 0.2) is 5.69 Å². The Morgan fingerprint density at radius 3 is 2.51 bits per heavy atom. The van der Waals surface area contributed by atoms with E-state index in [4.69, 9.17) is 4.74 Å². The summed E-state index contributed by atoms with van der Waals surface area (Å²) in [5.41, 5.74) is -0.529. The molecule has 1 fully saturated rings. The van der Waals surface area contributed by atoms with Crippen LogP contribution in [0.25, 0.3) is 0 Å². The SMILES string of the molecule is CCOC(=O)c1cc2n(n1)C[C@](C)(C(=O)NC1CCCCCCC1)N(c1ccc(C)c(F)c1)C2=O. The average molecular weight is 485 g/mol. The van der Waals surface area contributed by atoms with Crippen molar-refractivity contribution in [2.45, 2.75) is 83.8 Å². The monoisotopic (exact) mass is 484 g/mol. The van der Waals surface area contributed by atoms with Gasteiger partial charge >= 0.3 is 5.97 Å². The topological polar surface area (TPSA) is 93.5 Å². The van der Waals surface area contributed by atoms with Crippen molar-refractivity contribution in [3.8, 4) is 0 Å². The molecule has 1 saturated carbocycles. The van der Waals surface area contributed by atoms with Gasteiger partial charge in [0.05, 0.1) is 13.2 Å². The van der Waals surface area contributed by atoms with E-state index in [0.29, 0.717) is 5.56 Å². The van der Waals surface area contributed by atoms with Gasteiger partial charge in [0.1, 0.15) is 17.1 Å². The lowest BCUT2D eigenvalue weighted by molar-refractivity contribution is -0.127. The number of rotatable bonds is 5. The van der Waals surface area contributed by atoms with E-state index in [1.807, 2.05) is 0 Å². The first-order chi connectivity index (χ1) is 16.7. The molecule has 2 heterocycles. The number of carbonyl (C=O) groups is 3. The highest BCUT2D eigenvalue weighted by atomic mass is 19.1. The second-order valence-electron chi connectivity index (χ2n) is 9.66. The quantitative estimate of drug-likeness (QED) is 0.644. The Kier molecular flexibility index (Phi) is 7.23. The van der Waals surface area contributed by atoms with Crippen LogP contribution in [0.5, 0.6) is 0 Å². The van der Waals surface area contributed by atoms with Crippen LogP contribution >= 0.6 is 0 Å². The lowest BCUT2D eigenvalue weighted by Gasteiger charge is -2.43. The molecule has 1 aliphatic heterocycles. The molecule has 0 radical (unpaired) electrons. The highest BCUT2D eigenvalue weighted by Crippen LogP contribution is 2.34. The highest BCUT2D eigenvalue weighted by molar-refractivity contribution is 6.12. The second kappa shape index (κ2) is 10.2. The van der Waals surface area contributed by atoms with E-state index in [1.54, 1.807) is 32.9 Å². The number of hydrogen-bond donors (Lipinski definition) is 1. The number of amides is 2. The molecular weight excluding hydrogens is 451 g/mol. The standard InChI is InChI=1S/C26H33FN4O4/c1-4-35-24(33)21-15-22-23(32)31(19-13-12-17(2)20(27)14-19)26(3,16-30(22)29-21)25(34)28-18-10-8-6-5-7-9-11-18/h12-15,18H,4-11,16H2,1-3H3,(H,28,34)/t26-/m1/s1. The molecule has 188 valence electrons. The molecule has 1 aromatic heterocycles. The fourth-order valence-electron chi connectivity index (χ4n) is 4.95. The maximum atomic E-state index is 14.5. The molecule has 1 atom stereocenters. The second-order valence-corrected chi connectivity index (χ2v) is 9.66. The largest absolute Gasteiger partial charge is 0.461 e. The maximum Gasteiger partial charge on any atom is 0.358 e. The van der Waals surface area contributed by atoms with Gasteiger partial charge < -0.3 is 10.1 Å². The Hall–Kier alpha value is -3.23. The van der Waals surface area contributed by atoms with Gasteiger partial charge in [-0.15, -0.1) is 0 Å². The summed E-state index contributed by atoms with van der Waals surface area (Å²) in [5.74, 6) is -1.96.